The van der Waals surface area contributed by atoms with Crippen molar-refractivity contribution in [2.24, 2.45) is 0 Å². The number of hydrogen-bond donors (Lipinski definition) is 1. The number of amides is 2. The Hall–Kier alpha value is -2.69. The molecular weight excluding hydrogens is 304 g/mol. The summed E-state index contributed by atoms with van der Waals surface area (Å²) in [5.41, 5.74) is 1.81. The number of nitrogens with one attached hydrogen (secondary N) is 1. The van der Waals surface area contributed by atoms with Crippen molar-refractivity contribution >= 4 is 11.7 Å². The molecule has 1 atom stereocenters. The van der Waals surface area contributed by atoms with Gasteiger partial charge in [-0.2, -0.15) is 0 Å². The molecule has 24 heavy (non-hydrogen) atoms. The van der Waals surface area contributed by atoms with Crippen LogP contribution in [-0.4, -0.2) is 38.2 Å². The zero-order valence-corrected chi connectivity index (χ0v) is 14.6. The van der Waals surface area contributed by atoms with E-state index >= 15 is 0 Å². The molecule has 0 bridgehead atoms. The molecule has 0 saturated carbocycles. The summed E-state index contributed by atoms with van der Waals surface area (Å²) in [5.74, 6) is 1.47. The number of likely N-dealkylation sites (N-methyl/N-ethyl adjacent to an activating group) is 1. The monoisotopic (exact) mass is 328 g/mol. The molecule has 0 saturated heterocycles. The Labute approximate surface area is 143 Å². The van der Waals surface area contributed by atoms with Crippen LogP contribution in [0.25, 0.3) is 0 Å². The Morgan fingerprint density at radius 2 is 1.75 bits per heavy atom. The summed E-state index contributed by atoms with van der Waals surface area (Å²) in [5, 5.41) is 2.89. The summed E-state index contributed by atoms with van der Waals surface area (Å²) in [6.07, 6.45) is 0.764. The molecule has 0 aliphatic carbocycles. The lowest BCUT2D eigenvalue weighted by molar-refractivity contribution is 0.207. The van der Waals surface area contributed by atoms with Crippen LogP contribution in [0.1, 0.15) is 12.5 Å². The van der Waals surface area contributed by atoms with Gasteiger partial charge in [0.15, 0.2) is 0 Å². The molecule has 5 heteroatoms. The van der Waals surface area contributed by atoms with Gasteiger partial charge in [-0.1, -0.05) is 24.3 Å². The van der Waals surface area contributed by atoms with E-state index in [2.05, 4.69) is 5.32 Å². The van der Waals surface area contributed by atoms with Gasteiger partial charge in [0.05, 0.1) is 19.9 Å². The fraction of sp³-hybridized carbons (Fsp3) is 0.316. The number of urea groups is 1. The van der Waals surface area contributed by atoms with Gasteiger partial charge in [-0.05, 0) is 43.2 Å². The third-order valence-electron chi connectivity index (χ3n) is 4.02. The van der Waals surface area contributed by atoms with E-state index in [4.69, 9.17) is 9.47 Å². The maximum absolute atomic E-state index is 12.5. The van der Waals surface area contributed by atoms with Crippen LogP contribution in [0, 0.1) is 0 Å². The molecule has 0 aliphatic rings. The number of para-hydroxylation sites is 2. The second-order valence-corrected chi connectivity index (χ2v) is 5.64. The van der Waals surface area contributed by atoms with Crippen LogP contribution in [0.4, 0.5) is 10.5 Å². The van der Waals surface area contributed by atoms with Crippen molar-refractivity contribution in [2.45, 2.75) is 19.4 Å². The van der Waals surface area contributed by atoms with E-state index in [9.17, 15) is 4.79 Å². The molecule has 0 radical (unpaired) electrons. The first kappa shape index (κ1) is 17.7. The molecule has 2 amide bonds. The van der Waals surface area contributed by atoms with Crippen molar-refractivity contribution in [3.05, 3.63) is 54.1 Å². The Kier molecular flexibility index (Phi) is 6.07. The van der Waals surface area contributed by atoms with Gasteiger partial charge in [0.1, 0.15) is 11.5 Å². The number of hydrogen-bond acceptors (Lipinski definition) is 3. The highest BCUT2D eigenvalue weighted by molar-refractivity contribution is 5.91. The number of benzene rings is 2. The maximum Gasteiger partial charge on any atom is 0.321 e. The van der Waals surface area contributed by atoms with Crippen molar-refractivity contribution in [3.8, 4) is 11.5 Å². The Morgan fingerprint density at radius 1 is 1.08 bits per heavy atom. The number of anilines is 1. The fourth-order valence-electron chi connectivity index (χ4n) is 2.39. The van der Waals surface area contributed by atoms with E-state index in [1.54, 1.807) is 26.2 Å². The standard InChI is InChI=1S/C19H24N2O3/c1-14(13-15-9-11-16(23-3)12-10-15)21(2)19(22)20-17-7-5-6-8-18(17)24-4/h5-12,14H,13H2,1-4H3,(H,20,22). The minimum absolute atomic E-state index is 0.0492. The van der Waals surface area contributed by atoms with Crippen molar-refractivity contribution < 1.29 is 14.3 Å². The van der Waals surface area contributed by atoms with Crippen LogP contribution in [0.15, 0.2) is 48.5 Å². The van der Waals surface area contributed by atoms with E-state index in [1.165, 1.54) is 0 Å². The lowest BCUT2D eigenvalue weighted by atomic mass is 10.1. The van der Waals surface area contributed by atoms with Gasteiger partial charge in [-0.15, -0.1) is 0 Å². The first-order valence-electron chi connectivity index (χ1n) is 7.85. The van der Waals surface area contributed by atoms with Crippen molar-refractivity contribution in [2.75, 3.05) is 26.6 Å². The van der Waals surface area contributed by atoms with E-state index in [-0.39, 0.29) is 12.1 Å². The molecule has 128 valence electrons. The molecule has 0 spiro atoms. The molecule has 0 aliphatic heterocycles. The summed E-state index contributed by atoms with van der Waals surface area (Å²) in [7, 11) is 5.02. The Bertz CT molecular complexity index is 671. The third-order valence-corrected chi connectivity index (χ3v) is 4.02. The molecule has 2 aromatic carbocycles. The number of carbonyl (C=O) groups is 1. The molecule has 1 unspecified atom stereocenters. The molecule has 2 aromatic rings. The Morgan fingerprint density at radius 3 is 2.38 bits per heavy atom. The van der Waals surface area contributed by atoms with E-state index in [0.717, 1.165) is 17.7 Å². The van der Waals surface area contributed by atoms with E-state index in [1.807, 2.05) is 55.5 Å². The van der Waals surface area contributed by atoms with Crippen LogP contribution < -0.4 is 14.8 Å². The minimum atomic E-state index is -0.166. The second-order valence-electron chi connectivity index (χ2n) is 5.64. The van der Waals surface area contributed by atoms with Gasteiger partial charge in [0, 0.05) is 13.1 Å². The van der Waals surface area contributed by atoms with Crippen molar-refractivity contribution in [1.82, 2.24) is 4.90 Å². The third kappa shape index (κ3) is 4.41. The van der Waals surface area contributed by atoms with Crippen LogP contribution in [0.3, 0.4) is 0 Å². The SMILES string of the molecule is COc1ccc(CC(C)N(C)C(=O)Nc2ccccc2OC)cc1. The van der Waals surface area contributed by atoms with Gasteiger partial charge in [-0.25, -0.2) is 4.79 Å². The highest BCUT2D eigenvalue weighted by Crippen LogP contribution is 2.23. The summed E-state index contributed by atoms with van der Waals surface area (Å²) < 4.78 is 10.4. The lowest BCUT2D eigenvalue weighted by Gasteiger charge is -2.25. The zero-order chi connectivity index (χ0) is 17.5. The summed E-state index contributed by atoms with van der Waals surface area (Å²) >= 11 is 0. The van der Waals surface area contributed by atoms with Crippen molar-refractivity contribution in [3.63, 3.8) is 0 Å². The number of nitrogens with zero attached hydrogens (tertiary/aromatic N) is 1. The molecule has 1 N–H and O–H groups in total. The van der Waals surface area contributed by atoms with Crippen LogP contribution in [0.5, 0.6) is 11.5 Å². The highest BCUT2D eigenvalue weighted by atomic mass is 16.5. The van der Waals surface area contributed by atoms with Gasteiger partial charge in [0.2, 0.25) is 0 Å². The summed E-state index contributed by atoms with van der Waals surface area (Å²) in [4.78, 5) is 14.1. The number of carbonyl (C=O) groups excluding carboxylic acids is 1. The highest BCUT2D eigenvalue weighted by Gasteiger charge is 2.17. The molecular formula is C19H24N2O3. The lowest BCUT2D eigenvalue weighted by Crippen LogP contribution is -2.39. The van der Waals surface area contributed by atoms with E-state index in [0.29, 0.717) is 11.4 Å². The number of ether oxygens (including phenoxy) is 2. The normalized spacial score (nSPS) is 11.5. The number of rotatable bonds is 6. The van der Waals surface area contributed by atoms with Crippen LogP contribution >= 0.6 is 0 Å². The second kappa shape index (κ2) is 8.24. The van der Waals surface area contributed by atoms with Gasteiger partial charge in [0.25, 0.3) is 0 Å². The molecule has 0 aromatic heterocycles. The van der Waals surface area contributed by atoms with Crippen LogP contribution in [0.2, 0.25) is 0 Å². The quantitative estimate of drug-likeness (QED) is 0.877. The van der Waals surface area contributed by atoms with E-state index < -0.39 is 0 Å². The smallest absolute Gasteiger partial charge is 0.321 e. The van der Waals surface area contributed by atoms with Gasteiger partial charge in [-0.3, -0.25) is 0 Å². The average Bonchev–Trinajstić information content (AvgIpc) is 2.62. The molecule has 0 heterocycles. The van der Waals surface area contributed by atoms with Gasteiger partial charge >= 0.3 is 6.03 Å². The minimum Gasteiger partial charge on any atom is -0.497 e. The fourth-order valence-corrected chi connectivity index (χ4v) is 2.39. The first-order chi connectivity index (χ1) is 11.5. The predicted octanol–water partition coefficient (Wildman–Crippen LogP) is 3.80. The molecule has 2 rings (SSSR count). The first-order valence-corrected chi connectivity index (χ1v) is 7.85. The largest absolute Gasteiger partial charge is 0.497 e. The molecule has 0 fully saturated rings. The zero-order valence-electron chi connectivity index (χ0n) is 14.6. The predicted molar refractivity (Wildman–Crippen MR) is 95.9 cm³/mol. The summed E-state index contributed by atoms with van der Waals surface area (Å²) in [6, 6.07) is 15.1. The average molecular weight is 328 g/mol. The van der Waals surface area contributed by atoms with Gasteiger partial charge < -0.3 is 19.7 Å². The topological polar surface area (TPSA) is 50.8 Å². The number of methoxy groups -OCH3 is 2. The van der Waals surface area contributed by atoms with Crippen LogP contribution in [-0.2, 0) is 6.42 Å². The Balaban J connectivity index is 1.98. The summed E-state index contributed by atoms with van der Waals surface area (Å²) in [6.45, 7) is 2.02. The molecule has 5 nitrogen and oxygen atoms in total. The maximum atomic E-state index is 12.5. The van der Waals surface area contributed by atoms with Crippen molar-refractivity contribution in [1.29, 1.82) is 0 Å².